The third kappa shape index (κ3) is 5.15. The second-order valence-corrected chi connectivity index (χ2v) is 9.68. The Morgan fingerprint density at radius 1 is 0.583 bits per heavy atom. The van der Waals surface area contributed by atoms with Crippen LogP contribution in [-0.4, -0.2) is 94.5 Å². The van der Waals surface area contributed by atoms with Crippen LogP contribution in [0.25, 0.3) is 0 Å². The fraction of sp³-hybridized carbons (Fsp3) is 1.00. The number of hydrogen-bond acceptors (Lipinski definition) is 3. The summed E-state index contributed by atoms with van der Waals surface area (Å²) in [5, 5.41) is -7.61. The van der Waals surface area contributed by atoms with Gasteiger partial charge in [-0.2, -0.15) is 79.4 Å². The quantitative estimate of drug-likeness (QED) is 0.155. The van der Waals surface area contributed by atoms with Crippen molar-refractivity contribution in [1.29, 1.82) is 0 Å². The van der Waals surface area contributed by atoms with Crippen molar-refractivity contribution >= 4 is 10.0 Å². The molecule has 0 aromatic heterocycles. The van der Waals surface area contributed by atoms with Crippen molar-refractivity contribution in [3.63, 3.8) is 0 Å². The highest BCUT2D eigenvalue weighted by atomic mass is 32.2. The molecule has 0 fully saturated rings. The van der Waals surface area contributed by atoms with Crippen molar-refractivity contribution in [3.8, 4) is 0 Å². The van der Waals surface area contributed by atoms with Crippen molar-refractivity contribution in [1.82, 2.24) is 4.72 Å². The van der Waals surface area contributed by atoms with E-state index in [4.69, 9.17) is 0 Å². The molecule has 0 aliphatic rings. The average molecular weight is 601 g/mol. The van der Waals surface area contributed by atoms with E-state index in [1.807, 2.05) is 0 Å². The van der Waals surface area contributed by atoms with Crippen LogP contribution in [0.15, 0.2) is 0 Å². The molecule has 23 heteroatoms. The summed E-state index contributed by atoms with van der Waals surface area (Å²) in [7, 11) is -3.44. The van der Waals surface area contributed by atoms with E-state index in [-0.39, 0.29) is 4.48 Å². The van der Waals surface area contributed by atoms with Gasteiger partial charge in [0.1, 0.15) is 6.73 Å². The molecule has 0 spiro atoms. The van der Waals surface area contributed by atoms with Crippen LogP contribution < -0.4 is 4.72 Å². The fourth-order valence-corrected chi connectivity index (χ4v) is 2.73. The standard InChI is InChI=1S/C13H14F17N2O3S/c1-32(2,3)5-35-4-31-36(33,34)13(29,30)11(24,25)9(20,21)7(16,17)6(14,15)8(18,19)10(22,23)12(26,27)28/h31H,4-5H2,1-3H3/q+1. The molecule has 0 aromatic carbocycles. The van der Waals surface area contributed by atoms with Gasteiger partial charge in [-0.3, -0.25) is 0 Å². The van der Waals surface area contributed by atoms with Crippen molar-refractivity contribution in [2.45, 2.75) is 47.0 Å². The molecule has 0 saturated heterocycles. The van der Waals surface area contributed by atoms with Crippen molar-refractivity contribution in [3.05, 3.63) is 0 Å². The van der Waals surface area contributed by atoms with Gasteiger partial charge in [-0.25, -0.2) is 8.42 Å². The van der Waals surface area contributed by atoms with E-state index in [1.165, 1.54) is 21.1 Å². The third-order valence-corrected chi connectivity index (χ3v) is 5.29. The Hall–Kier alpha value is -1.36. The molecule has 0 amide bonds. The highest BCUT2D eigenvalue weighted by Crippen LogP contribution is 2.64. The summed E-state index contributed by atoms with van der Waals surface area (Å²) < 4.78 is 250. The molecule has 0 heterocycles. The Bertz CT molecular complexity index is 892. The van der Waals surface area contributed by atoms with Gasteiger partial charge >= 0.3 is 47.0 Å². The van der Waals surface area contributed by atoms with Crippen LogP contribution in [0.1, 0.15) is 0 Å². The van der Waals surface area contributed by atoms with Gasteiger partial charge in [-0.1, -0.05) is 0 Å². The molecule has 0 rings (SSSR count). The van der Waals surface area contributed by atoms with Crippen LogP contribution in [0.4, 0.5) is 74.6 Å². The van der Waals surface area contributed by atoms with E-state index >= 15 is 0 Å². The number of alkyl halides is 17. The summed E-state index contributed by atoms with van der Waals surface area (Å²) in [6.45, 7) is -2.38. The number of ether oxygens (including phenoxy) is 1. The lowest BCUT2D eigenvalue weighted by Gasteiger charge is -2.42. The van der Waals surface area contributed by atoms with Crippen LogP contribution in [0.2, 0.25) is 0 Å². The molecule has 0 saturated carbocycles. The number of nitrogens with one attached hydrogen (secondary N) is 1. The molecule has 1 N–H and O–H groups in total. The summed E-state index contributed by atoms with van der Waals surface area (Å²) in [5.74, 6) is -51.7. The predicted octanol–water partition coefficient (Wildman–Crippen LogP) is 4.51. The maximum atomic E-state index is 13.7. The Kier molecular flexibility index (Phi) is 8.79. The van der Waals surface area contributed by atoms with E-state index in [0.717, 1.165) is 0 Å². The van der Waals surface area contributed by atoms with Gasteiger partial charge in [0.25, 0.3) is 10.0 Å². The highest BCUT2D eigenvalue weighted by Gasteiger charge is 2.96. The first kappa shape index (κ1) is 34.6. The Balaban J connectivity index is 6.55. The van der Waals surface area contributed by atoms with Crippen LogP contribution in [0, 0.1) is 0 Å². The highest BCUT2D eigenvalue weighted by molar-refractivity contribution is 7.90. The Morgan fingerprint density at radius 2 is 0.889 bits per heavy atom. The number of nitrogens with zero attached hydrogens (tertiary/aromatic N) is 1. The van der Waals surface area contributed by atoms with Crippen LogP contribution in [0.5, 0.6) is 0 Å². The minimum Gasteiger partial charge on any atom is -0.315 e. The summed E-state index contributed by atoms with van der Waals surface area (Å²) in [6.07, 6.45) is -7.88. The lowest BCUT2D eigenvalue weighted by Crippen LogP contribution is -2.75. The summed E-state index contributed by atoms with van der Waals surface area (Å²) in [6, 6.07) is 0. The zero-order valence-corrected chi connectivity index (χ0v) is 18.2. The molecule has 0 aliphatic carbocycles. The molecule has 218 valence electrons. The van der Waals surface area contributed by atoms with Crippen LogP contribution >= 0.6 is 0 Å². The maximum absolute atomic E-state index is 13.7. The number of halogens is 17. The molecule has 5 nitrogen and oxygen atoms in total. The van der Waals surface area contributed by atoms with Crippen LogP contribution in [-0.2, 0) is 14.8 Å². The molecule has 0 radical (unpaired) electrons. The van der Waals surface area contributed by atoms with Crippen molar-refractivity contribution < 1.29 is 92.3 Å². The first-order chi connectivity index (χ1) is 15.2. The van der Waals surface area contributed by atoms with Crippen molar-refractivity contribution in [2.75, 3.05) is 34.6 Å². The average Bonchev–Trinajstić information content (AvgIpc) is 2.62. The Labute approximate surface area is 189 Å². The normalized spacial score (nSPS) is 16.4. The summed E-state index contributed by atoms with van der Waals surface area (Å²) in [5.41, 5.74) is 0. The van der Waals surface area contributed by atoms with Gasteiger partial charge in [-0.15, -0.1) is 0 Å². The molecular formula is C13H14F17N2O3S+. The molecule has 0 aromatic rings. The van der Waals surface area contributed by atoms with Gasteiger partial charge in [0.15, 0.2) is 6.73 Å². The van der Waals surface area contributed by atoms with Crippen LogP contribution in [0.3, 0.4) is 0 Å². The minimum absolute atomic E-state index is 0.246. The minimum atomic E-state index is -8.86. The zero-order chi connectivity index (χ0) is 29.8. The SMILES string of the molecule is C[N+](C)(C)COCNS(=O)(=O)C(F)(F)C(F)(F)C(F)(F)C(F)(F)C(F)(F)C(F)(F)C(F)(F)C(F)(F)F. The van der Waals surface area contributed by atoms with Gasteiger partial charge in [0, 0.05) is 0 Å². The molecule has 0 aliphatic heterocycles. The topological polar surface area (TPSA) is 55.4 Å². The molecule has 0 atom stereocenters. The van der Waals surface area contributed by atoms with Gasteiger partial charge < -0.3 is 9.22 Å². The molecular weight excluding hydrogens is 587 g/mol. The predicted molar refractivity (Wildman–Crippen MR) is 81.6 cm³/mol. The monoisotopic (exact) mass is 601 g/mol. The zero-order valence-electron chi connectivity index (χ0n) is 17.4. The van der Waals surface area contributed by atoms with E-state index < -0.39 is 70.5 Å². The second kappa shape index (κ2) is 9.13. The van der Waals surface area contributed by atoms with Gasteiger partial charge in [0.2, 0.25) is 0 Å². The van der Waals surface area contributed by atoms with Gasteiger partial charge in [-0.05, 0) is 0 Å². The lowest BCUT2D eigenvalue weighted by molar-refractivity contribution is -0.890. The first-order valence-corrected chi connectivity index (χ1v) is 9.78. The van der Waals surface area contributed by atoms with Gasteiger partial charge in [0.05, 0.1) is 21.1 Å². The lowest BCUT2D eigenvalue weighted by atomic mass is 9.91. The fourth-order valence-electron chi connectivity index (χ4n) is 1.85. The third-order valence-electron chi connectivity index (χ3n) is 3.86. The molecule has 0 unspecified atom stereocenters. The maximum Gasteiger partial charge on any atom is 0.460 e. The number of hydrogen-bond donors (Lipinski definition) is 1. The number of sulfonamides is 1. The van der Waals surface area contributed by atoms with E-state index in [0.29, 0.717) is 4.72 Å². The number of quaternary nitrogens is 1. The summed E-state index contributed by atoms with van der Waals surface area (Å²) in [4.78, 5) is 0. The summed E-state index contributed by atoms with van der Waals surface area (Å²) >= 11 is 0. The second-order valence-electron chi connectivity index (χ2n) is 7.88. The largest absolute Gasteiger partial charge is 0.460 e. The van der Waals surface area contributed by atoms with E-state index in [9.17, 15) is 83.1 Å². The smallest absolute Gasteiger partial charge is 0.315 e. The molecule has 36 heavy (non-hydrogen) atoms. The Morgan fingerprint density at radius 3 is 1.19 bits per heavy atom. The number of rotatable bonds is 12. The van der Waals surface area contributed by atoms with Crippen molar-refractivity contribution in [2.24, 2.45) is 0 Å². The first-order valence-electron chi connectivity index (χ1n) is 8.29. The molecule has 0 bridgehead atoms. The van der Waals surface area contributed by atoms with E-state index in [1.54, 1.807) is 0 Å². The van der Waals surface area contributed by atoms with E-state index in [2.05, 4.69) is 4.74 Å².